The Morgan fingerprint density at radius 3 is 2.22 bits per heavy atom. The van der Waals surface area contributed by atoms with Crippen molar-refractivity contribution in [3.63, 3.8) is 0 Å². The molecule has 1 aromatic rings. The van der Waals surface area contributed by atoms with E-state index in [1.807, 2.05) is 6.92 Å². The van der Waals surface area contributed by atoms with Crippen LogP contribution in [0.25, 0.3) is 0 Å². The van der Waals surface area contributed by atoms with Gasteiger partial charge < -0.3 is 15.2 Å². The first-order valence-electron chi connectivity index (χ1n) is 8.60. The SMILES string of the molecule is CCOC1CC(NC(=O)c2ccc(S(=O)(=O)N(C)C)cc2)(C(=O)O)C1(C)C. The summed E-state index contributed by atoms with van der Waals surface area (Å²) < 4.78 is 30.9. The van der Waals surface area contributed by atoms with Gasteiger partial charge in [0.15, 0.2) is 0 Å². The lowest BCUT2D eigenvalue weighted by Crippen LogP contribution is -2.76. The van der Waals surface area contributed by atoms with Crippen LogP contribution in [0.4, 0.5) is 0 Å². The van der Waals surface area contributed by atoms with E-state index in [2.05, 4.69) is 5.32 Å². The van der Waals surface area contributed by atoms with Crippen molar-refractivity contribution in [1.29, 1.82) is 0 Å². The Morgan fingerprint density at radius 1 is 1.26 bits per heavy atom. The first-order chi connectivity index (χ1) is 12.4. The van der Waals surface area contributed by atoms with Gasteiger partial charge >= 0.3 is 5.97 Å². The zero-order valence-electron chi connectivity index (χ0n) is 16.1. The number of amides is 1. The summed E-state index contributed by atoms with van der Waals surface area (Å²) in [5.74, 6) is -1.70. The number of carbonyl (C=O) groups excluding carboxylic acids is 1. The highest BCUT2D eigenvalue weighted by Gasteiger charge is 2.66. The quantitative estimate of drug-likeness (QED) is 0.716. The third-order valence-electron chi connectivity index (χ3n) is 5.35. The molecule has 1 aliphatic rings. The van der Waals surface area contributed by atoms with Gasteiger partial charge in [-0.2, -0.15) is 0 Å². The van der Waals surface area contributed by atoms with Gasteiger partial charge in [-0.25, -0.2) is 17.5 Å². The van der Waals surface area contributed by atoms with E-state index in [4.69, 9.17) is 4.74 Å². The Morgan fingerprint density at radius 2 is 1.81 bits per heavy atom. The van der Waals surface area contributed by atoms with Crippen LogP contribution in [0.2, 0.25) is 0 Å². The molecule has 27 heavy (non-hydrogen) atoms. The van der Waals surface area contributed by atoms with Crippen LogP contribution in [0.15, 0.2) is 29.2 Å². The Balaban J connectivity index is 2.24. The fourth-order valence-electron chi connectivity index (χ4n) is 3.29. The molecular formula is C18H26N2O6S. The van der Waals surface area contributed by atoms with Crippen LogP contribution in [0, 0.1) is 5.41 Å². The number of sulfonamides is 1. The first-order valence-corrected chi connectivity index (χ1v) is 10.0. The fraction of sp³-hybridized carbons (Fsp3) is 0.556. The number of benzene rings is 1. The molecule has 1 fully saturated rings. The summed E-state index contributed by atoms with van der Waals surface area (Å²) >= 11 is 0. The van der Waals surface area contributed by atoms with Crippen molar-refractivity contribution < 1.29 is 27.9 Å². The standard InChI is InChI=1S/C18H26N2O6S/c1-6-26-14-11-18(16(22)23,17(14,2)3)19-15(21)12-7-9-13(10-8-12)27(24,25)20(4)5/h7-10,14H,6,11H2,1-5H3,(H,19,21)(H,22,23). The molecule has 0 heterocycles. The third kappa shape index (κ3) is 3.46. The largest absolute Gasteiger partial charge is 0.479 e. The molecule has 0 radical (unpaired) electrons. The number of hydrogen-bond acceptors (Lipinski definition) is 5. The molecule has 2 N–H and O–H groups in total. The first kappa shape index (κ1) is 21.3. The molecular weight excluding hydrogens is 372 g/mol. The number of nitrogens with zero attached hydrogens (tertiary/aromatic N) is 1. The molecule has 0 aliphatic heterocycles. The van der Waals surface area contributed by atoms with E-state index in [0.29, 0.717) is 6.61 Å². The van der Waals surface area contributed by atoms with Gasteiger partial charge in [-0.05, 0) is 31.2 Å². The molecule has 2 unspecified atom stereocenters. The van der Waals surface area contributed by atoms with Crippen molar-refractivity contribution >= 4 is 21.9 Å². The van der Waals surface area contributed by atoms with Gasteiger partial charge in [0.25, 0.3) is 5.91 Å². The zero-order valence-corrected chi connectivity index (χ0v) is 17.0. The number of rotatable bonds is 7. The molecule has 150 valence electrons. The lowest BCUT2D eigenvalue weighted by molar-refractivity contribution is -0.190. The number of carbonyl (C=O) groups is 2. The van der Waals surface area contributed by atoms with Crippen molar-refractivity contribution in [1.82, 2.24) is 9.62 Å². The van der Waals surface area contributed by atoms with Crippen molar-refractivity contribution in [2.45, 2.75) is 43.7 Å². The highest BCUT2D eigenvalue weighted by atomic mass is 32.2. The number of hydrogen-bond donors (Lipinski definition) is 2. The second-order valence-corrected chi connectivity index (χ2v) is 9.50. The molecule has 0 bridgehead atoms. The molecule has 1 aliphatic carbocycles. The van der Waals surface area contributed by atoms with Crippen LogP contribution < -0.4 is 5.32 Å². The van der Waals surface area contributed by atoms with Crippen LogP contribution in [0.3, 0.4) is 0 Å². The highest BCUT2D eigenvalue weighted by Crippen LogP contribution is 2.51. The zero-order chi connectivity index (χ0) is 20.6. The maximum absolute atomic E-state index is 12.6. The second kappa shape index (κ2) is 7.21. The molecule has 1 aromatic carbocycles. The normalized spacial score (nSPS) is 24.3. The van der Waals surface area contributed by atoms with Gasteiger partial charge in [-0.3, -0.25) is 4.79 Å². The Labute approximate surface area is 159 Å². The molecule has 2 rings (SSSR count). The monoisotopic (exact) mass is 398 g/mol. The van der Waals surface area contributed by atoms with Crippen molar-refractivity contribution in [2.24, 2.45) is 5.41 Å². The van der Waals surface area contributed by atoms with Gasteiger partial charge in [0.2, 0.25) is 10.0 Å². The molecule has 1 amide bonds. The molecule has 8 nitrogen and oxygen atoms in total. The smallest absolute Gasteiger partial charge is 0.330 e. The summed E-state index contributed by atoms with van der Waals surface area (Å²) in [4.78, 5) is 24.6. The highest BCUT2D eigenvalue weighted by molar-refractivity contribution is 7.89. The van der Waals surface area contributed by atoms with E-state index in [0.717, 1.165) is 4.31 Å². The predicted molar refractivity (Wildman–Crippen MR) is 99.0 cm³/mol. The van der Waals surface area contributed by atoms with Crippen molar-refractivity contribution in [3.05, 3.63) is 29.8 Å². The van der Waals surface area contributed by atoms with Crippen LogP contribution in [0.1, 0.15) is 37.6 Å². The van der Waals surface area contributed by atoms with E-state index in [9.17, 15) is 23.1 Å². The topological polar surface area (TPSA) is 113 Å². The van der Waals surface area contributed by atoms with Gasteiger partial charge in [-0.15, -0.1) is 0 Å². The molecule has 0 spiro atoms. The predicted octanol–water partition coefficient (Wildman–Crippen LogP) is 1.33. The van der Waals surface area contributed by atoms with E-state index < -0.39 is 32.9 Å². The number of carboxylic acid groups (broad SMARTS) is 1. The number of carboxylic acids is 1. The van der Waals surface area contributed by atoms with E-state index in [-0.39, 0.29) is 23.0 Å². The van der Waals surface area contributed by atoms with E-state index >= 15 is 0 Å². The van der Waals surface area contributed by atoms with Crippen molar-refractivity contribution in [3.8, 4) is 0 Å². The van der Waals surface area contributed by atoms with Crippen LogP contribution in [0.5, 0.6) is 0 Å². The Kier molecular flexibility index (Phi) is 5.70. The lowest BCUT2D eigenvalue weighted by atomic mass is 9.54. The van der Waals surface area contributed by atoms with Gasteiger partial charge in [0.1, 0.15) is 5.54 Å². The van der Waals surface area contributed by atoms with Gasteiger partial charge in [0.05, 0.1) is 11.0 Å². The van der Waals surface area contributed by atoms with Crippen LogP contribution in [-0.4, -0.2) is 62.1 Å². The van der Waals surface area contributed by atoms with E-state index in [1.165, 1.54) is 38.4 Å². The minimum atomic E-state index is -3.60. The Hall–Kier alpha value is -1.97. The van der Waals surface area contributed by atoms with Crippen molar-refractivity contribution in [2.75, 3.05) is 20.7 Å². The molecule has 2 atom stereocenters. The minimum absolute atomic E-state index is 0.0531. The lowest BCUT2D eigenvalue weighted by Gasteiger charge is -2.58. The number of ether oxygens (including phenoxy) is 1. The molecule has 0 aromatic heterocycles. The van der Waals surface area contributed by atoms with Crippen LogP contribution in [-0.2, 0) is 19.6 Å². The molecule has 0 saturated heterocycles. The second-order valence-electron chi connectivity index (χ2n) is 7.35. The summed E-state index contributed by atoms with van der Waals surface area (Å²) in [6, 6.07) is 5.39. The Bertz CT molecular complexity index is 832. The maximum Gasteiger partial charge on any atom is 0.330 e. The average molecular weight is 398 g/mol. The summed E-state index contributed by atoms with van der Waals surface area (Å²) in [6.07, 6.45) is -0.103. The fourth-order valence-corrected chi connectivity index (χ4v) is 4.19. The third-order valence-corrected chi connectivity index (χ3v) is 7.18. The molecule has 1 saturated carbocycles. The maximum atomic E-state index is 12.6. The van der Waals surface area contributed by atoms with E-state index in [1.54, 1.807) is 13.8 Å². The van der Waals surface area contributed by atoms with Gasteiger partial charge in [0, 0.05) is 38.1 Å². The summed E-state index contributed by atoms with van der Waals surface area (Å²) in [5.41, 5.74) is -2.05. The summed E-state index contributed by atoms with van der Waals surface area (Å²) in [7, 11) is -0.769. The van der Waals surface area contributed by atoms with Crippen LogP contribution >= 0.6 is 0 Å². The average Bonchev–Trinajstić information content (AvgIpc) is 2.60. The van der Waals surface area contributed by atoms with Gasteiger partial charge in [-0.1, -0.05) is 13.8 Å². The minimum Gasteiger partial charge on any atom is -0.479 e. The summed E-state index contributed by atoms with van der Waals surface area (Å²) in [5, 5.41) is 12.4. The number of nitrogens with one attached hydrogen (secondary N) is 1. The molecule has 9 heteroatoms. The number of aliphatic carboxylic acids is 1. The summed E-state index contributed by atoms with van der Waals surface area (Å²) in [6.45, 7) is 5.79.